The average molecular weight is 238 g/mol. The topological polar surface area (TPSA) is 50.2 Å². The fraction of sp³-hybridized carbons (Fsp3) is 0.667. The summed E-state index contributed by atoms with van der Waals surface area (Å²) in [4.78, 5) is 13.3. The Morgan fingerprint density at radius 2 is 2.24 bits per heavy atom. The van der Waals surface area contributed by atoms with E-state index < -0.39 is 0 Å². The summed E-state index contributed by atoms with van der Waals surface area (Å²) in [6, 6.07) is 1.87. The summed E-state index contributed by atoms with van der Waals surface area (Å²) in [5.41, 5.74) is 2.12. The number of aromatic nitrogens is 2. The van der Waals surface area contributed by atoms with E-state index in [1.54, 1.807) is 19.0 Å². The second-order valence-corrected chi connectivity index (χ2v) is 4.43. The molecule has 1 atom stereocenters. The highest BCUT2D eigenvalue weighted by Gasteiger charge is 2.14. The van der Waals surface area contributed by atoms with E-state index in [9.17, 15) is 4.79 Å². The van der Waals surface area contributed by atoms with E-state index in [4.69, 9.17) is 0 Å². The second-order valence-electron chi connectivity index (χ2n) is 4.43. The van der Waals surface area contributed by atoms with Gasteiger partial charge in [0.05, 0.1) is 17.4 Å². The molecule has 0 aliphatic rings. The number of aryl methyl sites for hydroxylation is 2. The van der Waals surface area contributed by atoms with Crippen molar-refractivity contribution < 1.29 is 4.79 Å². The molecule has 0 saturated heterocycles. The highest BCUT2D eigenvalue weighted by atomic mass is 16.2. The van der Waals surface area contributed by atoms with Crippen LogP contribution in [0.4, 0.5) is 0 Å². The van der Waals surface area contributed by atoms with Crippen LogP contribution in [0.1, 0.15) is 25.2 Å². The summed E-state index contributed by atoms with van der Waals surface area (Å²) in [5.74, 6) is 0.0873. The monoisotopic (exact) mass is 238 g/mol. The molecule has 0 aromatic carbocycles. The van der Waals surface area contributed by atoms with E-state index in [-0.39, 0.29) is 11.9 Å². The number of carbonyl (C=O) groups excluding carboxylic acids is 1. The summed E-state index contributed by atoms with van der Waals surface area (Å²) in [5, 5.41) is 7.58. The summed E-state index contributed by atoms with van der Waals surface area (Å²) in [6.07, 6.45) is 0. The van der Waals surface area contributed by atoms with Crippen molar-refractivity contribution in [1.82, 2.24) is 20.0 Å². The van der Waals surface area contributed by atoms with Crippen LogP contribution in [0.25, 0.3) is 0 Å². The molecule has 1 N–H and O–H groups in total. The summed E-state index contributed by atoms with van der Waals surface area (Å²) in [7, 11) is 3.53. The maximum atomic E-state index is 11.7. The maximum Gasteiger partial charge on any atom is 0.238 e. The van der Waals surface area contributed by atoms with Crippen molar-refractivity contribution in [2.75, 3.05) is 14.1 Å². The van der Waals surface area contributed by atoms with Crippen LogP contribution in [0, 0.1) is 6.92 Å². The molecule has 17 heavy (non-hydrogen) atoms. The predicted molar refractivity (Wildman–Crippen MR) is 67.6 cm³/mol. The lowest BCUT2D eigenvalue weighted by molar-refractivity contribution is -0.130. The molecule has 5 heteroatoms. The molecule has 1 amide bonds. The van der Waals surface area contributed by atoms with E-state index in [0.717, 1.165) is 17.9 Å². The predicted octanol–water partition coefficient (Wildman–Crippen LogP) is 0.778. The highest BCUT2D eigenvalue weighted by molar-refractivity contribution is 5.80. The van der Waals surface area contributed by atoms with Gasteiger partial charge in [-0.2, -0.15) is 5.10 Å². The average Bonchev–Trinajstić information content (AvgIpc) is 2.65. The number of rotatable bonds is 5. The molecular formula is C12H22N4O. The molecule has 1 heterocycles. The van der Waals surface area contributed by atoms with Crippen molar-refractivity contribution >= 4 is 5.91 Å². The van der Waals surface area contributed by atoms with Gasteiger partial charge in [0.2, 0.25) is 5.91 Å². The third-order valence-corrected chi connectivity index (χ3v) is 2.69. The molecule has 0 aliphatic carbocycles. The second kappa shape index (κ2) is 5.82. The number of nitrogens with zero attached hydrogens (tertiary/aromatic N) is 3. The third-order valence-electron chi connectivity index (χ3n) is 2.69. The van der Waals surface area contributed by atoms with Gasteiger partial charge in [-0.15, -0.1) is 0 Å². The Bertz CT molecular complexity index is 384. The van der Waals surface area contributed by atoms with Crippen LogP contribution in [-0.4, -0.2) is 40.7 Å². The van der Waals surface area contributed by atoms with E-state index in [0.29, 0.717) is 6.54 Å². The van der Waals surface area contributed by atoms with Gasteiger partial charge in [-0.3, -0.25) is 9.48 Å². The van der Waals surface area contributed by atoms with E-state index in [2.05, 4.69) is 17.3 Å². The summed E-state index contributed by atoms with van der Waals surface area (Å²) in [6.45, 7) is 7.42. The van der Waals surface area contributed by atoms with Crippen molar-refractivity contribution in [2.24, 2.45) is 0 Å². The number of carbonyl (C=O) groups is 1. The highest BCUT2D eigenvalue weighted by Crippen LogP contribution is 2.04. The first-order valence-corrected chi connectivity index (χ1v) is 5.93. The Hall–Kier alpha value is -1.36. The Labute approximate surface area is 103 Å². The molecular weight excluding hydrogens is 216 g/mol. The molecule has 0 saturated carbocycles. The van der Waals surface area contributed by atoms with Crippen molar-refractivity contribution in [1.29, 1.82) is 0 Å². The minimum Gasteiger partial charge on any atom is -0.347 e. The maximum absolute atomic E-state index is 11.7. The van der Waals surface area contributed by atoms with Crippen molar-refractivity contribution in [2.45, 2.75) is 39.9 Å². The Morgan fingerprint density at radius 1 is 1.59 bits per heavy atom. The minimum absolute atomic E-state index is 0.0873. The van der Waals surface area contributed by atoms with E-state index >= 15 is 0 Å². The lowest BCUT2D eigenvalue weighted by atomic mass is 10.3. The van der Waals surface area contributed by atoms with Crippen LogP contribution < -0.4 is 5.32 Å². The van der Waals surface area contributed by atoms with Crippen molar-refractivity contribution in [3.05, 3.63) is 17.5 Å². The molecule has 0 spiro atoms. The number of likely N-dealkylation sites (N-methyl/N-ethyl adjacent to an activating group) is 1. The molecule has 0 fully saturated rings. The van der Waals surface area contributed by atoms with Gasteiger partial charge in [0.25, 0.3) is 0 Å². The van der Waals surface area contributed by atoms with Crippen LogP contribution in [0.15, 0.2) is 6.07 Å². The molecule has 0 bridgehead atoms. The van der Waals surface area contributed by atoms with Crippen LogP contribution in [-0.2, 0) is 17.9 Å². The lowest BCUT2D eigenvalue weighted by Gasteiger charge is -2.18. The van der Waals surface area contributed by atoms with Gasteiger partial charge in [0.15, 0.2) is 0 Å². The normalized spacial score (nSPS) is 12.5. The molecule has 1 aromatic rings. The lowest BCUT2D eigenvalue weighted by Crippen LogP contribution is -2.41. The van der Waals surface area contributed by atoms with Gasteiger partial charge in [0, 0.05) is 27.2 Å². The summed E-state index contributed by atoms with van der Waals surface area (Å²) >= 11 is 0. The van der Waals surface area contributed by atoms with Gasteiger partial charge >= 0.3 is 0 Å². The molecule has 96 valence electrons. The molecule has 0 radical (unpaired) electrons. The zero-order chi connectivity index (χ0) is 13.0. The van der Waals surface area contributed by atoms with Crippen molar-refractivity contribution in [3.8, 4) is 0 Å². The fourth-order valence-electron chi connectivity index (χ4n) is 1.75. The number of hydrogen-bond acceptors (Lipinski definition) is 3. The van der Waals surface area contributed by atoms with Gasteiger partial charge < -0.3 is 10.2 Å². The van der Waals surface area contributed by atoms with Crippen LogP contribution in [0.5, 0.6) is 0 Å². The molecule has 0 aliphatic heterocycles. The van der Waals surface area contributed by atoms with Gasteiger partial charge in [-0.1, -0.05) is 0 Å². The first-order chi connectivity index (χ1) is 7.95. The molecule has 1 unspecified atom stereocenters. The van der Waals surface area contributed by atoms with Crippen LogP contribution in [0.2, 0.25) is 0 Å². The van der Waals surface area contributed by atoms with Gasteiger partial charge in [-0.25, -0.2) is 0 Å². The van der Waals surface area contributed by atoms with Crippen LogP contribution >= 0.6 is 0 Å². The van der Waals surface area contributed by atoms with E-state index in [1.807, 2.05) is 24.6 Å². The Balaban J connectivity index is 2.58. The number of hydrogen-bond donors (Lipinski definition) is 1. The smallest absolute Gasteiger partial charge is 0.238 e. The SMILES string of the molecule is CCn1nc(C)cc1CNC(C)C(=O)N(C)C. The standard InChI is InChI=1S/C12H22N4O/c1-6-16-11(7-9(2)14-16)8-13-10(3)12(17)15(4)5/h7,10,13H,6,8H2,1-5H3. The Morgan fingerprint density at radius 3 is 2.76 bits per heavy atom. The zero-order valence-electron chi connectivity index (χ0n) is 11.3. The third kappa shape index (κ3) is 3.56. The van der Waals surface area contributed by atoms with Gasteiger partial charge in [0.1, 0.15) is 0 Å². The van der Waals surface area contributed by atoms with Crippen LogP contribution in [0.3, 0.4) is 0 Å². The fourth-order valence-corrected chi connectivity index (χ4v) is 1.75. The quantitative estimate of drug-likeness (QED) is 0.824. The first-order valence-electron chi connectivity index (χ1n) is 5.93. The zero-order valence-corrected chi connectivity index (χ0v) is 11.3. The molecule has 1 aromatic heterocycles. The number of nitrogens with one attached hydrogen (secondary N) is 1. The largest absolute Gasteiger partial charge is 0.347 e. The number of amides is 1. The molecule has 1 rings (SSSR count). The Kier molecular flexibility index (Phi) is 4.69. The summed E-state index contributed by atoms with van der Waals surface area (Å²) < 4.78 is 1.95. The van der Waals surface area contributed by atoms with E-state index in [1.165, 1.54) is 0 Å². The molecule has 5 nitrogen and oxygen atoms in total. The minimum atomic E-state index is -0.175. The van der Waals surface area contributed by atoms with Gasteiger partial charge in [-0.05, 0) is 26.8 Å². The first kappa shape index (κ1) is 13.7. The van der Waals surface area contributed by atoms with Crippen molar-refractivity contribution in [3.63, 3.8) is 0 Å².